The molecule has 1 heterocycles. The molecule has 0 radical (unpaired) electrons. The van der Waals surface area contributed by atoms with E-state index in [9.17, 15) is 5.11 Å². The molecule has 1 saturated heterocycles. The van der Waals surface area contributed by atoms with E-state index in [2.05, 4.69) is 9.80 Å². The maximum Gasteiger partial charge on any atom is 0.0580 e. The third-order valence-corrected chi connectivity index (χ3v) is 4.58. The predicted octanol–water partition coefficient (Wildman–Crippen LogP) is 0.927. The van der Waals surface area contributed by atoms with Gasteiger partial charge in [0.05, 0.1) is 6.10 Å². The third kappa shape index (κ3) is 2.41. The molecule has 0 amide bonds. The molecule has 3 rings (SSSR count). The fourth-order valence-corrected chi connectivity index (χ4v) is 3.31. The maximum absolute atomic E-state index is 9.83. The van der Waals surface area contributed by atoms with Gasteiger partial charge in [-0.1, -0.05) is 6.42 Å². The minimum absolute atomic E-state index is 0.0125. The normalized spacial score (nSPS) is 38.1. The van der Waals surface area contributed by atoms with Gasteiger partial charge in [0.1, 0.15) is 0 Å². The van der Waals surface area contributed by atoms with E-state index in [0.717, 1.165) is 19.0 Å². The first kappa shape index (κ1) is 11.0. The highest BCUT2D eigenvalue weighted by Gasteiger charge is 2.33. The van der Waals surface area contributed by atoms with Crippen molar-refractivity contribution in [2.24, 2.45) is 5.92 Å². The van der Waals surface area contributed by atoms with Gasteiger partial charge in [-0.05, 0) is 31.6 Å². The van der Waals surface area contributed by atoms with Gasteiger partial charge in [0.25, 0.3) is 0 Å². The van der Waals surface area contributed by atoms with Gasteiger partial charge in [-0.15, -0.1) is 0 Å². The Morgan fingerprint density at radius 3 is 2.25 bits per heavy atom. The number of aliphatic hydroxyl groups is 1. The summed E-state index contributed by atoms with van der Waals surface area (Å²) in [6.45, 7) is 6.10. The Hall–Kier alpha value is -0.120. The van der Waals surface area contributed by atoms with Crippen molar-refractivity contribution in [3.8, 4) is 0 Å². The summed E-state index contributed by atoms with van der Waals surface area (Å²) in [6.07, 6.45) is 6.36. The average Bonchev–Trinajstić information content (AvgIpc) is 3.07. The number of hydrogen-bond acceptors (Lipinski definition) is 3. The molecular weight excluding hydrogens is 200 g/mol. The molecule has 2 unspecified atom stereocenters. The molecule has 0 spiro atoms. The molecule has 3 aliphatic rings. The Morgan fingerprint density at radius 2 is 1.69 bits per heavy atom. The molecule has 0 aromatic carbocycles. The maximum atomic E-state index is 9.83. The number of nitrogens with zero attached hydrogens (tertiary/aromatic N) is 2. The first-order valence-electron chi connectivity index (χ1n) is 6.97. The molecule has 3 fully saturated rings. The minimum Gasteiger partial charge on any atom is -0.393 e. The van der Waals surface area contributed by atoms with Gasteiger partial charge >= 0.3 is 0 Å². The highest BCUT2D eigenvalue weighted by atomic mass is 16.3. The van der Waals surface area contributed by atoms with E-state index in [0.29, 0.717) is 5.92 Å². The van der Waals surface area contributed by atoms with Crippen LogP contribution < -0.4 is 0 Å². The summed E-state index contributed by atoms with van der Waals surface area (Å²) in [5, 5.41) is 9.83. The van der Waals surface area contributed by atoms with Crippen LogP contribution in [-0.2, 0) is 0 Å². The van der Waals surface area contributed by atoms with Crippen LogP contribution in [-0.4, -0.2) is 59.8 Å². The second-order valence-electron chi connectivity index (χ2n) is 5.83. The van der Waals surface area contributed by atoms with Crippen LogP contribution in [0.1, 0.15) is 32.1 Å². The van der Waals surface area contributed by atoms with E-state index in [1.54, 1.807) is 0 Å². The molecule has 1 aliphatic heterocycles. The minimum atomic E-state index is -0.0125. The Kier molecular flexibility index (Phi) is 3.18. The van der Waals surface area contributed by atoms with E-state index in [-0.39, 0.29) is 6.10 Å². The third-order valence-electron chi connectivity index (χ3n) is 4.58. The number of hydrogen-bond donors (Lipinski definition) is 1. The van der Waals surface area contributed by atoms with Crippen LogP contribution in [0.25, 0.3) is 0 Å². The van der Waals surface area contributed by atoms with Crippen molar-refractivity contribution < 1.29 is 5.11 Å². The van der Waals surface area contributed by atoms with Crippen molar-refractivity contribution in [2.75, 3.05) is 32.7 Å². The van der Waals surface area contributed by atoms with Gasteiger partial charge < -0.3 is 10.0 Å². The van der Waals surface area contributed by atoms with Crippen molar-refractivity contribution in [1.82, 2.24) is 9.80 Å². The highest BCUT2D eigenvalue weighted by Crippen LogP contribution is 2.29. The van der Waals surface area contributed by atoms with E-state index in [1.807, 2.05) is 0 Å². The predicted molar refractivity (Wildman–Crippen MR) is 64.4 cm³/mol. The second-order valence-corrected chi connectivity index (χ2v) is 5.83. The lowest BCUT2D eigenvalue weighted by Crippen LogP contribution is -2.48. The van der Waals surface area contributed by atoms with Crippen LogP contribution in [0.5, 0.6) is 0 Å². The molecule has 0 bridgehead atoms. The van der Waals surface area contributed by atoms with Gasteiger partial charge in [-0.2, -0.15) is 0 Å². The van der Waals surface area contributed by atoms with Crippen LogP contribution in [0.2, 0.25) is 0 Å². The van der Waals surface area contributed by atoms with Crippen molar-refractivity contribution in [2.45, 2.75) is 44.2 Å². The van der Waals surface area contributed by atoms with Gasteiger partial charge in [-0.3, -0.25) is 4.90 Å². The van der Waals surface area contributed by atoms with Gasteiger partial charge in [0.15, 0.2) is 0 Å². The average molecular weight is 224 g/mol. The van der Waals surface area contributed by atoms with Gasteiger partial charge in [0.2, 0.25) is 0 Å². The van der Waals surface area contributed by atoms with Crippen LogP contribution in [0.4, 0.5) is 0 Å². The van der Waals surface area contributed by atoms with Crippen LogP contribution in [0, 0.1) is 5.92 Å². The summed E-state index contributed by atoms with van der Waals surface area (Å²) in [4.78, 5) is 5.22. The quantitative estimate of drug-likeness (QED) is 0.772. The molecule has 2 atom stereocenters. The van der Waals surface area contributed by atoms with Crippen LogP contribution in [0.15, 0.2) is 0 Å². The summed E-state index contributed by atoms with van der Waals surface area (Å²) in [5.41, 5.74) is 0. The summed E-state index contributed by atoms with van der Waals surface area (Å²) in [7, 11) is 0. The first-order chi connectivity index (χ1) is 7.83. The van der Waals surface area contributed by atoms with Crippen molar-refractivity contribution in [3.63, 3.8) is 0 Å². The van der Waals surface area contributed by atoms with Gasteiger partial charge in [0, 0.05) is 38.8 Å². The standard InChI is InChI=1S/C13H24N2O/c16-13-3-1-2-11(13)10-14-6-8-15(9-7-14)12-4-5-12/h11-13,16H,1-10H2. The zero-order chi connectivity index (χ0) is 11.0. The van der Waals surface area contributed by atoms with Crippen molar-refractivity contribution in [3.05, 3.63) is 0 Å². The molecule has 0 aromatic rings. The van der Waals surface area contributed by atoms with Gasteiger partial charge in [-0.25, -0.2) is 0 Å². The number of rotatable bonds is 3. The topological polar surface area (TPSA) is 26.7 Å². The zero-order valence-corrected chi connectivity index (χ0v) is 10.1. The van der Waals surface area contributed by atoms with Crippen molar-refractivity contribution >= 4 is 0 Å². The van der Waals surface area contributed by atoms with E-state index < -0.39 is 0 Å². The Balaban J connectivity index is 1.43. The molecule has 1 N–H and O–H groups in total. The highest BCUT2D eigenvalue weighted by molar-refractivity contribution is 4.88. The Morgan fingerprint density at radius 1 is 0.938 bits per heavy atom. The SMILES string of the molecule is OC1CCCC1CN1CCN(C2CC2)CC1. The molecule has 2 aliphatic carbocycles. The molecule has 2 saturated carbocycles. The lowest BCUT2D eigenvalue weighted by atomic mass is 10.1. The van der Waals surface area contributed by atoms with Crippen LogP contribution in [0.3, 0.4) is 0 Å². The Labute approximate surface area is 98.4 Å². The molecule has 92 valence electrons. The Bertz CT molecular complexity index is 234. The summed E-state index contributed by atoms with van der Waals surface area (Å²) in [5.74, 6) is 0.562. The summed E-state index contributed by atoms with van der Waals surface area (Å²) in [6, 6.07) is 0.930. The lowest BCUT2D eigenvalue weighted by Gasteiger charge is -2.36. The fraction of sp³-hybridized carbons (Fsp3) is 1.00. The molecular formula is C13H24N2O. The van der Waals surface area contributed by atoms with Crippen molar-refractivity contribution in [1.29, 1.82) is 0 Å². The van der Waals surface area contributed by atoms with E-state index in [1.165, 1.54) is 51.9 Å². The molecule has 16 heavy (non-hydrogen) atoms. The molecule has 3 nitrogen and oxygen atoms in total. The second kappa shape index (κ2) is 4.63. The first-order valence-corrected chi connectivity index (χ1v) is 6.97. The zero-order valence-electron chi connectivity index (χ0n) is 10.1. The number of aliphatic hydroxyl groups excluding tert-OH is 1. The largest absolute Gasteiger partial charge is 0.393 e. The van der Waals surface area contributed by atoms with E-state index in [4.69, 9.17) is 0 Å². The van der Waals surface area contributed by atoms with E-state index >= 15 is 0 Å². The summed E-state index contributed by atoms with van der Waals surface area (Å²) < 4.78 is 0. The fourth-order valence-electron chi connectivity index (χ4n) is 3.31. The number of piperazine rings is 1. The monoisotopic (exact) mass is 224 g/mol. The van der Waals surface area contributed by atoms with Crippen LogP contribution >= 0.6 is 0 Å². The molecule has 3 heteroatoms. The summed E-state index contributed by atoms with van der Waals surface area (Å²) >= 11 is 0. The smallest absolute Gasteiger partial charge is 0.0580 e. The molecule has 0 aromatic heterocycles. The lowest BCUT2D eigenvalue weighted by molar-refractivity contribution is 0.0717.